The first-order chi connectivity index (χ1) is 17.5. The third-order valence-corrected chi connectivity index (χ3v) is 5.97. The summed E-state index contributed by atoms with van der Waals surface area (Å²) in [5, 5.41) is 3.28. The summed E-state index contributed by atoms with van der Waals surface area (Å²) in [7, 11) is 3.03. The van der Waals surface area contributed by atoms with Gasteiger partial charge in [-0.2, -0.15) is 0 Å². The fourth-order valence-corrected chi connectivity index (χ4v) is 4.27. The van der Waals surface area contributed by atoms with Crippen LogP contribution in [0.4, 0.5) is 10.1 Å². The van der Waals surface area contributed by atoms with Crippen molar-refractivity contribution in [2.24, 2.45) is 0 Å². The van der Waals surface area contributed by atoms with Crippen LogP contribution >= 0.6 is 0 Å². The van der Waals surface area contributed by atoms with Gasteiger partial charge in [-0.1, -0.05) is 30.3 Å². The molecule has 1 N–H and O–H groups in total. The van der Waals surface area contributed by atoms with Crippen molar-refractivity contribution in [3.8, 4) is 11.5 Å². The summed E-state index contributed by atoms with van der Waals surface area (Å²) in [6.07, 6.45) is 1.45. The molecule has 0 atom stereocenters. The number of amides is 1. The number of aromatic nitrogens is 3. The van der Waals surface area contributed by atoms with E-state index in [-0.39, 0.29) is 17.6 Å². The first-order valence-corrected chi connectivity index (χ1v) is 11.2. The first-order valence-electron chi connectivity index (χ1n) is 11.2. The van der Waals surface area contributed by atoms with Gasteiger partial charge < -0.3 is 19.4 Å². The van der Waals surface area contributed by atoms with E-state index in [4.69, 9.17) is 9.47 Å². The Morgan fingerprint density at radius 1 is 1.03 bits per heavy atom. The van der Waals surface area contributed by atoms with Gasteiger partial charge in [0.15, 0.2) is 0 Å². The van der Waals surface area contributed by atoms with E-state index in [0.717, 1.165) is 5.56 Å². The number of fused-ring (bicyclic) bond motifs is 3. The lowest BCUT2D eigenvalue weighted by Gasteiger charge is -2.13. The number of hydrogen-bond donors (Lipinski definition) is 1. The number of hydrogen-bond acceptors (Lipinski definition) is 5. The van der Waals surface area contributed by atoms with Crippen molar-refractivity contribution in [1.29, 1.82) is 0 Å². The molecule has 0 saturated heterocycles. The minimum absolute atomic E-state index is 0.196. The summed E-state index contributed by atoms with van der Waals surface area (Å²) < 4.78 is 27.8. The van der Waals surface area contributed by atoms with Gasteiger partial charge in [0.2, 0.25) is 5.91 Å². The number of methoxy groups -OCH3 is 2. The summed E-state index contributed by atoms with van der Waals surface area (Å²) in [5.41, 5.74) is 2.12. The zero-order valence-corrected chi connectivity index (χ0v) is 19.7. The van der Waals surface area contributed by atoms with Gasteiger partial charge in [0.1, 0.15) is 34.9 Å². The Hall–Kier alpha value is -4.66. The molecule has 9 heteroatoms. The monoisotopic (exact) mass is 486 g/mol. The molecule has 2 aromatic heterocycles. The van der Waals surface area contributed by atoms with E-state index < -0.39 is 11.7 Å². The largest absolute Gasteiger partial charge is 0.497 e. The Bertz CT molecular complexity index is 1640. The van der Waals surface area contributed by atoms with E-state index in [9.17, 15) is 14.0 Å². The highest BCUT2D eigenvalue weighted by molar-refractivity contribution is 6.06. The van der Waals surface area contributed by atoms with E-state index in [0.29, 0.717) is 40.2 Å². The molecule has 0 fully saturated rings. The van der Waals surface area contributed by atoms with Gasteiger partial charge in [0.25, 0.3) is 5.56 Å². The standard InChI is InChI=1S/C27H23FN4O4/c1-35-19-9-11-23(36-2)21(13-19)30-24(33)15-32-22-10-8-18(28)12-20(22)25-26(32)27(34)31(16-29-25)14-17-6-4-3-5-7-17/h3-13,16H,14-15H2,1-2H3,(H,30,33). The Morgan fingerprint density at radius 2 is 1.83 bits per heavy atom. The highest BCUT2D eigenvalue weighted by Gasteiger charge is 2.20. The predicted molar refractivity (Wildman–Crippen MR) is 135 cm³/mol. The van der Waals surface area contributed by atoms with E-state index in [1.54, 1.807) is 28.8 Å². The van der Waals surface area contributed by atoms with Crippen LogP contribution in [-0.2, 0) is 17.9 Å². The van der Waals surface area contributed by atoms with Gasteiger partial charge in [-0.15, -0.1) is 0 Å². The Kier molecular flexibility index (Phi) is 6.12. The number of rotatable bonds is 7. The average Bonchev–Trinajstić information content (AvgIpc) is 3.19. The number of anilines is 1. The normalized spacial score (nSPS) is 11.1. The number of halogens is 1. The third-order valence-electron chi connectivity index (χ3n) is 5.97. The summed E-state index contributed by atoms with van der Waals surface area (Å²) in [6.45, 7) is 0.115. The van der Waals surface area contributed by atoms with Crippen LogP contribution < -0.4 is 20.3 Å². The average molecular weight is 487 g/mol. The highest BCUT2D eigenvalue weighted by atomic mass is 19.1. The number of carbonyl (C=O) groups excluding carboxylic acids is 1. The zero-order chi connectivity index (χ0) is 25.2. The SMILES string of the molecule is COc1ccc(OC)c(NC(=O)Cn2c3ccc(F)cc3c3ncn(Cc4ccccc4)c(=O)c32)c1. The van der Waals surface area contributed by atoms with Crippen LogP contribution in [0.5, 0.6) is 11.5 Å². The molecule has 0 saturated carbocycles. The summed E-state index contributed by atoms with van der Waals surface area (Å²) >= 11 is 0. The highest BCUT2D eigenvalue weighted by Crippen LogP contribution is 2.30. The molecule has 0 bridgehead atoms. The molecule has 5 aromatic rings. The van der Waals surface area contributed by atoms with E-state index in [2.05, 4.69) is 10.3 Å². The van der Waals surface area contributed by atoms with Crippen molar-refractivity contribution in [2.45, 2.75) is 13.1 Å². The molecule has 5 rings (SSSR count). The van der Waals surface area contributed by atoms with Crippen LogP contribution in [0.2, 0.25) is 0 Å². The molecular formula is C27H23FN4O4. The molecule has 0 aliphatic heterocycles. The van der Waals surface area contributed by atoms with Gasteiger partial charge in [0, 0.05) is 11.5 Å². The smallest absolute Gasteiger partial charge is 0.278 e. The second-order valence-corrected chi connectivity index (χ2v) is 8.22. The van der Waals surface area contributed by atoms with Crippen LogP contribution in [-0.4, -0.2) is 34.2 Å². The maximum atomic E-state index is 14.1. The van der Waals surface area contributed by atoms with Crippen LogP contribution in [0, 0.1) is 5.82 Å². The predicted octanol–water partition coefficient (Wildman–Crippen LogP) is 4.19. The van der Waals surface area contributed by atoms with Gasteiger partial charge in [-0.25, -0.2) is 9.37 Å². The van der Waals surface area contributed by atoms with E-state index >= 15 is 0 Å². The maximum Gasteiger partial charge on any atom is 0.278 e. The Balaban J connectivity index is 1.59. The summed E-state index contributed by atoms with van der Waals surface area (Å²) in [5.74, 6) is 0.150. The quantitative estimate of drug-likeness (QED) is 0.373. The van der Waals surface area contributed by atoms with Crippen molar-refractivity contribution in [3.05, 3.63) is 94.8 Å². The number of carbonyl (C=O) groups is 1. The lowest BCUT2D eigenvalue weighted by molar-refractivity contribution is -0.116. The zero-order valence-electron chi connectivity index (χ0n) is 19.7. The number of nitrogens with one attached hydrogen (secondary N) is 1. The minimum Gasteiger partial charge on any atom is -0.497 e. The number of benzene rings is 3. The van der Waals surface area contributed by atoms with Gasteiger partial charge in [-0.05, 0) is 35.9 Å². The second kappa shape index (κ2) is 9.53. The molecule has 0 unspecified atom stereocenters. The molecule has 0 spiro atoms. The van der Waals surface area contributed by atoms with E-state index in [1.165, 1.54) is 37.2 Å². The van der Waals surface area contributed by atoms with Gasteiger partial charge >= 0.3 is 0 Å². The maximum absolute atomic E-state index is 14.1. The van der Waals surface area contributed by atoms with Crippen molar-refractivity contribution in [1.82, 2.24) is 14.1 Å². The second-order valence-electron chi connectivity index (χ2n) is 8.22. The Morgan fingerprint density at radius 3 is 2.58 bits per heavy atom. The van der Waals surface area contributed by atoms with Crippen LogP contribution in [0.15, 0.2) is 77.9 Å². The fraction of sp³-hybridized carbons (Fsp3) is 0.148. The molecule has 182 valence electrons. The lowest BCUT2D eigenvalue weighted by atomic mass is 10.2. The van der Waals surface area contributed by atoms with Crippen LogP contribution in [0.25, 0.3) is 21.9 Å². The molecule has 0 aliphatic carbocycles. The first kappa shape index (κ1) is 23.1. The number of ether oxygens (including phenoxy) is 2. The topological polar surface area (TPSA) is 87.4 Å². The summed E-state index contributed by atoms with van der Waals surface area (Å²) in [4.78, 5) is 31.2. The molecule has 2 heterocycles. The van der Waals surface area contributed by atoms with Crippen molar-refractivity contribution in [3.63, 3.8) is 0 Å². The number of nitrogens with zero attached hydrogens (tertiary/aromatic N) is 3. The molecule has 36 heavy (non-hydrogen) atoms. The van der Waals surface area contributed by atoms with Crippen molar-refractivity contribution < 1.29 is 18.7 Å². The molecule has 8 nitrogen and oxygen atoms in total. The van der Waals surface area contributed by atoms with E-state index in [1.807, 2.05) is 30.3 Å². The fourth-order valence-electron chi connectivity index (χ4n) is 4.27. The Labute approximate surface area is 205 Å². The molecule has 1 amide bonds. The third kappa shape index (κ3) is 4.26. The molecular weight excluding hydrogens is 463 g/mol. The molecule has 0 aliphatic rings. The van der Waals surface area contributed by atoms with Crippen LogP contribution in [0.1, 0.15) is 5.56 Å². The molecule has 0 radical (unpaired) electrons. The van der Waals surface area contributed by atoms with Crippen molar-refractivity contribution in [2.75, 3.05) is 19.5 Å². The van der Waals surface area contributed by atoms with Crippen LogP contribution in [0.3, 0.4) is 0 Å². The van der Waals surface area contributed by atoms with Gasteiger partial charge in [0.05, 0.1) is 38.3 Å². The lowest BCUT2D eigenvalue weighted by Crippen LogP contribution is -2.25. The van der Waals surface area contributed by atoms with Gasteiger partial charge in [-0.3, -0.25) is 14.2 Å². The molecule has 3 aromatic carbocycles. The minimum atomic E-state index is -0.456. The summed E-state index contributed by atoms with van der Waals surface area (Å²) in [6, 6.07) is 18.7. The van der Waals surface area contributed by atoms with Crippen molar-refractivity contribution >= 4 is 33.5 Å².